The van der Waals surface area contributed by atoms with Crippen molar-refractivity contribution in [1.82, 2.24) is 9.97 Å². The second-order valence-corrected chi connectivity index (χ2v) is 14.2. The summed E-state index contributed by atoms with van der Waals surface area (Å²) in [7, 11) is 0. The molecule has 7 aromatic rings. The van der Waals surface area contributed by atoms with E-state index in [2.05, 4.69) is 141 Å². The van der Waals surface area contributed by atoms with Crippen molar-refractivity contribution < 1.29 is 9.47 Å². The van der Waals surface area contributed by atoms with E-state index in [1.165, 1.54) is 22.3 Å². The van der Waals surface area contributed by atoms with Gasteiger partial charge in [-0.3, -0.25) is 0 Å². The molecule has 4 nitrogen and oxygen atoms in total. The van der Waals surface area contributed by atoms with Crippen LogP contribution < -0.4 is 9.47 Å². The van der Waals surface area contributed by atoms with Crippen LogP contribution in [0.5, 0.6) is 23.0 Å². The molecule has 2 unspecified atom stereocenters. The number of allylic oxidation sites excluding steroid dienone is 4. The molecule has 0 amide bonds. The minimum Gasteiger partial charge on any atom is -0.449 e. The van der Waals surface area contributed by atoms with Gasteiger partial charge in [-0.1, -0.05) is 135 Å². The fourth-order valence-corrected chi connectivity index (χ4v) is 8.31. The van der Waals surface area contributed by atoms with Crippen LogP contribution in [0.2, 0.25) is 0 Å². The maximum Gasteiger partial charge on any atom is 0.174 e. The van der Waals surface area contributed by atoms with Crippen LogP contribution in [-0.4, -0.2) is 9.97 Å². The molecule has 2 aliphatic carbocycles. The number of nitrogens with zero attached hydrogens (tertiary/aromatic N) is 2. The lowest BCUT2D eigenvalue weighted by Gasteiger charge is -2.29. The zero-order chi connectivity index (χ0) is 34.1. The summed E-state index contributed by atoms with van der Waals surface area (Å²) < 4.78 is 13.4. The van der Waals surface area contributed by atoms with Gasteiger partial charge in [0.2, 0.25) is 0 Å². The SMILES string of the molecule is CC1(C)c2ccc3c(c2C2C=CC=CC21)Oc1ccc(-c2cc(-c4ccccc4)nc(-c4ccc(-c5ccccc5)c5ccccc45)n2)cc1O3. The number of benzene rings is 6. The highest BCUT2D eigenvalue weighted by molar-refractivity contribution is 6.04. The zero-order valence-corrected chi connectivity index (χ0v) is 28.4. The highest BCUT2D eigenvalue weighted by Gasteiger charge is 2.47. The molecule has 51 heavy (non-hydrogen) atoms. The maximum atomic E-state index is 6.72. The fourth-order valence-electron chi connectivity index (χ4n) is 8.31. The van der Waals surface area contributed by atoms with Crippen LogP contribution in [0.1, 0.15) is 30.9 Å². The zero-order valence-electron chi connectivity index (χ0n) is 28.4. The van der Waals surface area contributed by atoms with Gasteiger partial charge in [0.15, 0.2) is 28.8 Å². The van der Waals surface area contributed by atoms with Gasteiger partial charge in [0.05, 0.1) is 11.4 Å². The molecular weight excluding hydrogens is 625 g/mol. The smallest absolute Gasteiger partial charge is 0.174 e. The Hall–Kier alpha value is -6.26. The van der Waals surface area contributed by atoms with Crippen molar-refractivity contribution in [1.29, 1.82) is 0 Å². The normalized spacial score (nSPS) is 17.5. The van der Waals surface area contributed by atoms with Crippen LogP contribution in [0.3, 0.4) is 0 Å². The van der Waals surface area contributed by atoms with E-state index in [9.17, 15) is 0 Å². The Balaban J connectivity index is 1.08. The standard InChI is InChI=1S/C47H34N2O2/c1-47(2)37-20-12-11-19-36(37)44-38(47)24-26-42-45(44)51-41-25-21-31(27-43(41)50-42)40-28-39(30-15-7-4-8-16-30)48-46(49-40)35-23-22-32(29-13-5-3-6-14-29)33-17-9-10-18-34(33)35/h3-28,36-37H,1-2H3. The van der Waals surface area contributed by atoms with Crippen molar-refractivity contribution in [2.24, 2.45) is 5.92 Å². The summed E-state index contributed by atoms with van der Waals surface area (Å²) in [6, 6.07) is 46.2. The average Bonchev–Trinajstić information content (AvgIpc) is 3.43. The molecule has 3 aliphatic rings. The van der Waals surface area contributed by atoms with E-state index in [1.807, 2.05) is 30.3 Å². The number of fused-ring (bicyclic) bond motifs is 7. The molecule has 10 rings (SSSR count). The van der Waals surface area contributed by atoms with Crippen LogP contribution in [0, 0.1) is 5.92 Å². The molecule has 4 heteroatoms. The fraction of sp³-hybridized carbons (Fsp3) is 0.106. The molecule has 0 spiro atoms. The van der Waals surface area contributed by atoms with Gasteiger partial charge >= 0.3 is 0 Å². The number of ether oxygens (including phenoxy) is 2. The van der Waals surface area contributed by atoms with Crippen LogP contribution in [0.25, 0.3) is 55.8 Å². The Morgan fingerprint density at radius 2 is 1.18 bits per heavy atom. The first-order valence-corrected chi connectivity index (χ1v) is 17.6. The number of hydrogen-bond donors (Lipinski definition) is 0. The first kappa shape index (κ1) is 29.6. The molecule has 1 aromatic heterocycles. The van der Waals surface area contributed by atoms with Crippen LogP contribution in [0.15, 0.2) is 158 Å². The van der Waals surface area contributed by atoms with Gasteiger partial charge in [-0.25, -0.2) is 9.97 Å². The monoisotopic (exact) mass is 658 g/mol. The van der Waals surface area contributed by atoms with Gasteiger partial charge in [-0.15, -0.1) is 0 Å². The number of rotatable bonds is 4. The van der Waals surface area contributed by atoms with E-state index >= 15 is 0 Å². The lowest BCUT2D eigenvalue weighted by Crippen LogP contribution is -2.24. The lowest BCUT2D eigenvalue weighted by atomic mass is 9.74. The first-order chi connectivity index (χ1) is 25.0. The molecule has 0 fully saturated rings. The van der Waals surface area contributed by atoms with E-state index in [1.54, 1.807) is 0 Å². The van der Waals surface area contributed by atoms with E-state index in [0.717, 1.165) is 50.3 Å². The third-order valence-corrected chi connectivity index (χ3v) is 10.9. The third-order valence-electron chi connectivity index (χ3n) is 10.9. The summed E-state index contributed by atoms with van der Waals surface area (Å²) in [4.78, 5) is 10.4. The minimum absolute atomic E-state index is 0.00183. The van der Waals surface area contributed by atoms with E-state index in [-0.39, 0.29) is 11.3 Å². The summed E-state index contributed by atoms with van der Waals surface area (Å²) in [5.74, 6) is 4.26. The van der Waals surface area contributed by atoms with E-state index in [4.69, 9.17) is 19.4 Å². The Morgan fingerprint density at radius 3 is 1.96 bits per heavy atom. The highest BCUT2D eigenvalue weighted by Crippen LogP contribution is 2.60. The molecule has 0 N–H and O–H groups in total. The van der Waals surface area contributed by atoms with Crippen LogP contribution in [0.4, 0.5) is 0 Å². The van der Waals surface area contributed by atoms with E-state index < -0.39 is 0 Å². The molecule has 0 bridgehead atoms. The second kappa shape index (κ2) is 11.4. The van der Waals surface area contributed by atoms with Gasteiger partial charge in [-0.05, 0) is 75.2 Å². The molecule has 1 aliphatic heterocycles. The Morgan fingerprint density at radius 1 is 0.529 bits per heavy atom. The van der Waals surface area contributed by atoms with Crippen molar-refractivity contribution in [3.05, 3.63) is 169 Å². The molecule has 0 saturated carbocycles. The predicted molar refractivity (Wildman–Crippen MR) is 205 cm³/mol. The summed E-state index contributed by atoms with van der Waals surface area (Å²) >= 11 is 0. The maximum absolute atomic E-state index is 6.72. The van der Waals surface area contributed by atoms with Gasteiger partial charge in [0.25, 0.3) is 0 Å². The van der Waals surface area contributed by atoms with E-state index in [0.29, 0.717) is 23.2 Å². The van der Waals surface area contributed by atoms with Gasteiger partial charge in [-0.2, -0.15) is 0 Å². The minimum atomic E-state index is -0.00183. The summed E-state index contributed by atoms with van der Waals surface area (Å²) in [6.07, 6.45) is 8.95. The molecule has 6 aromatic carbocycles. The molecule has 244 valence electrons. The first-order valence-electron chi connectivity index (χ1n) is 17.6. The van der Waals surface area contributed by atoms with Gasteiger partial charge in [0.1, 0.15) is 0 Å². The average molecular weight is 659 g/mol. The largest absolute Gasteiger partial charge is 0.449 e. The van der Waals surface area contributed by atoms with Crippen LogP contribution >= 0.6 is 0 Å². The summed E-state index contributed by atoms with van der Waals surface area (Å²) in [6.45, 7) is 4.66. The van der Waals surface area contributed by atoms with Crippen molar-refractivity contribution >= 4 is 10.8 Å². The number of aromatic nitrogens is 2. The molecule has 0 saturated heterocycles. The Labute approximate surface area is 297 Å². The van der Waals surface area contributed by atoms with Crippen LogP contribution in [-0.2, 0) is 5.41 Å². The quantitative estimate of drug-likeness (QED) is 0.189. The van der Waals surface area contributed by atoms with Crippen molar-refractivity contribution in [2.75, 3.05) is 0 Å². The molecular formula is C47H34N2O2. The second-order valence-electron chi connectivity index (χ2n) is 14.2. The molecule has 2 atom stereocenters. The molecule has 0 radical (unpaired) electrons. The Kier molecular flexibility index (Phi) is 6.62. The highest BCUT2D eigenvalue weighted by atomic mass is 16.6. The summed E-state index contributed by atoms with van der Waals surface area (Å²) in [5, 5.41) is 2.27. The van der Waals surface area contributed by atoms with Gasteiger partial charge < -0.3 is 9.47 Å². The Bertz CT molecular complexity index is 2570. The van der Waals surface area contributed by atoms with Crippen molar-refractivity contribution in [3.8, 4) is 68.0 Å². The lowest BCUT2D eigenvalue weighted by molar-refractivity contribution is 0.354. The van der Waals surface area contributed by atoms with Crippen molar-refractivity contribution in [2.45, 2.75) is 25.2 Å². The summed E-state index contributed by atoms with van der Waals surface area (Å²) in [5.41, 5.74) is 9.52. The third kappa shape index (κ3) is 4.74. The van der Waals surface area contributed by atoms with Crippen molar-refractivity contribution in [3.63, 3.8) is 0 Å². The van der Waals surface area contributed by atoms with Gasteiger partial charge in [0, 0.05) is 28.2 Å². The number of hydrogen-bond acceptors (Lipinski definition) is 4. The predicted octanol–water partition coefficient (Wildman–Crippen LogP) is 12.3. The topological polar surface area (TPSA) is 44.2 Å². The molecule has 2 heterocycles.